The first-order valence-electron chi connectivity index (χ1n) is 8.76. The van der Waals surface area contributed by atoms with E-state index in [9.17, 15) is 0 Å². The molecule has 5 heteroatoms. The van der Waals surface area contributed by atoms with Gasteiger partial charge in [0.25, 0.3) is 0 Å². The molecule has 0 unspecified atom stereocenters. The molecule has 2 aromatic rings. The Labute approximate surface area is 202 Å². The minimum atomic E-state index is 0. The number of phenols is 2. The van der Waals surface area contributed by atoms with Crippen molar-refractivity contribution >= 4 is 23.5 Å². The zero-order valence-corrected chi connectivity index (χ0v) is 20.8. The van der Waals surface area contributed by atoms with Gasteiger partial charge in [0.2, 0.25) is 0 Å². The normalized spacial score (nSPS) is 11.9. The Hall–Kier alpha value is -1.42. The average molecular weight is 502 g/mol. The number of para-hydroxylation sites is 2. The van der Waals surface area contributed by atoms with Crippen molar-refractivity contribution in [2.45, 2.75) is 22.6 Å². The van der Waals surface area contributed by atoms with Crippen LogP contribution in [0.3, 0.4) is 0 Å². The van der Waals surface area contributed by atoms with Crippen LogP contribution in [0.25, 0.3) is 0 Å². The number of thioether (sulfide) groups is 2. The van der Waals surface area contributed by atoms with Crippen LogP contribution in [-0.4, -0.2) is 22.7 Å². The molecule has 0 amide bonds. The monoisotopic (exact) mass is 500 g/mol. The molecule has 0 saturated heterocycles. The van der Waals surface area contributed by atoms with Gasteiger partial charge in [0.15, 0.2) is 0 Å². The maximum Gasteiger partial charge on any atom is 2.00 e. The molecule has 0 heterocycles. The van der Waals surface area contributed by atoms with Gasteiger partial charge in [0, 0.05) is 9.79 Å². The Bertz CT molecular complexity index is 711. The molecule has 0 aromatic heterocycles. The van der Waals surface area contributed by atoms with E-state index in [1.165, 1.54) is 0 Å². The Morgan fingerprint density at radius 1 is 0.690 bits per heavy atom. The molecule has 0 fully saturated rings. The predicted octanol–water partition coefficient (Wildman–Crippen LogP) is 6.84. The van der Waals surface area contributed by atoms with Crippen LogP contribution in [0.4, 0.5) is 0 Å². The molecular formula is C24H26O2S2Zr. The first-order chi connectivity index (χ1) is 13.7. The fraction of sp³-hybridized carbons (Fsp3) is 0.167. The third-order valence-electron chi connectivity index (χ3n) is 3.34. The van der Waals surface area contributed by atoms with Crippen molar-refractivity contribution in [2.75, 3.05) is 12.5 Å². The van der Waals surface area contributed by atoms with Gasteiger partial charge in [-0.25, -0.2) is 24.3 Å². The maximum atomic E-state index is 9.09. The van der Waals surface area contributed by atoms with E-state index >= 15 is 0 Å². The number of hydrogen-bond donors (Lipinski definition) is 2. The molecule has 0 radical (unpaired) electrons. The molecule has 2 aliphatic carbocycles. The van der Waals surface area contributed by atoms with E-state index in [4.69, 9.17) is 10.2 Å². The Morgan fingerprint density at radius 2 is 1.07 bits per heavy atom. The van der Waals surface area contributed by atoms with Gasteiger partial charge < -0.3 is 10.2 Å². The summed E-state index contributed by atoms with van der Waals surface area (Å²) in [5.74, 6) is 0.731. The second kappa shape index (κ2) is 18.6. The fourth-order valence-corrected chi connectivity index (χ4v) is 2.92. The number of rotatable bonds is 2. The second-order valence-electron chi connectivity index (χ2n) is 5.35. The van der Waals surface area contributed by atoms with E-state index in [-0.39, 0.29) is 26.2 Å². The smallest absolute Gasteiger partial charge is 0.507 e. The third kappa shape index (κ3) is 13.4. The fourth-order valence-electron chi connectivity index (χ4n) is 1.94. The van der Waals surface area contributed by atoms with Gasteiger partial charge in [0.05, 0.1) is 0 Å². The predicted molar refractivity (Wildman–Crippen MR) is 123 cm³/mol. The van der Waals surface area contributed by atoms with E-state index in [2.05, 4.69) is 24.3 Å². The molecule has 0 saturated carbocycles. The molecule has 2 nitrogen and oxygen atoms in total. The maximum absolute atomic E-state index is 9.09. The summed E-state index contributed by atoms with van der Waals surface area (Å²) in [6, 6.07) is 14.6. The third-order valence-corrected chi connectivity index (χ3v) is 4.91. The Morgan fingerprint density at radius 3 is 1.24 bits per heavy atom. The number of phenolic OH excluding ortho intramolecular Hbond substituents is 2. The zero-order chi connectivity index (χ0) is 20.5. The van der Waals surface area contributed by atoms with Gasteiger partial charge in [-0.05, 0) is 36.8 Å². The van der Waals surface area contributed by atoms with Gasteiger partial charge in [-0.3, -0.25) is 12.2 Å². The number of aromatic hydroxyl groups is 2. The first-order valence-corrected chi connectivity index (χ1v) is 11.2. The van der Waals surface area contributed by atoms with Crippen LogP contribution >= 0.6 is 23.5 Å². The summed E-state index contributed by atoms with van der Waals surface area (Å²) in [6.45, 7) is 0. The van der Waals surface area contributed by atoms with E-state index in [1.54, 1.807) is 35.7 Å². The van der Waals surface area contributed by atoms with Crippen molar-refractivity contribution in [3.63, 3.8) is 0 Å². The Kier molecular flexibility index (Phi) is 17.7. The molecule has 0 bridgehead atoms. The van der Waals surface area contributed by atoms with Crippen LogP contribution < -0.4 is 0 Å². The minimum Gasteiger partial charge on any atom is -0.507 e. The summed E-state index contributed by atoms with van der Waals surface area (Å²) >= 11 is 3.09. The molecule has 2 aromatic carbocycles. The largest absolute Gasteiger partial charge is 2.00 e. The number of allylic oxidation sites excluding steroid dienone is 8. The van der Waals surface area contributed by atoms with E-state index in [0.29, 0.717) is 11.5 Å². The molecule has 0 spiro atoms. The van der Waals surface area contributed by atoms with Gasteiger partial charge in [-0.15, -0.1) is 36.4 Å². The van der Waals surface area contributed by atoms with Crippen LogP contribution in [0.15, 0.2) is 94.8 Å². The topological polar surface area (TPSA) is 40.5 Å². The summed E-state index contributed by atoms with van der Waals surface area (Å²) in [5.41, 5.74) is 0. The van der Waals surface area contributed by atoms with E-state index in [0.717, 1.165) is 22.6 Å². The molecule has 0 aliphatic heterocycles. The molecular weight excluding hydrogens is 476 g/mol. The molecule has 2 aliphatic rings. The quantitative estimate of drug-likeness (QED) is 0.349. The van der Waals surface area contributed by atoms with Gasteiger partial charge >= 0.3 is 26.2 Å². The van der Waals surface area contributed by atoms with Crippen LogP contribution in [-0.2, 0) is 26.2 Å². The molecule has 0 atom stereocenters. The van der Waals surface area contributed by atoms with E-state index < -0.39 is 0 Å². The minimum absolute atomic E-state index is 0. The van der Waals surface area contributed by atoms with Crippen LogP contribution in [0.2, 0.25) is 0 Å². The Balaban J connectivity index is 0.000000369. The number of benzene rings is 2. The second-order valence-corrected chi connectivity index (χ2v) is 7.05. The summed E-state index contributed by atoms with van der Waals surface area (Å²) in [4.78, 5) is 1.86. The summed E-state index contributed by atoms with van der Waals surface area (Å²) in [7, 11) is 0. The van der Waals surface area contributed by atoms with Crippen molar-refractivity contribution in [2.24, 2.45) is 0 Å². The molecule has 2 N–H and O–H groups in total. The van der Waals surface area contributed by atoms with Gasteiger partial charge in [-0.2, -0.15) is 12.2 Å². The summed E-state index contributed by atoms with van der Waals surface area (Å²) in [5, 5.41) is 18.2. The van der Waals surface area contributed by atoms with Crippen LogP contribution in [0.5, 0.6) is 11.5 Å². The standard InChI is InChI=1S/2C7H8OS.2C5H5.Zr/c2*1-9-7-5-3-2-4-6(7)8;2*1-2-4-5-3-1;/h2*2-5,8H,1H3;2*1-3H,4H2;/q;;2*-1;+2. The number of hydrogen-bond acceptors (Lipinski definition) is 4. The summed E-state index contributed by atoms with van der Waals surface area (Å²) < 4.78 is 0. The molecule has 4 rings (SSSR count). The van der Waals surface area contributed by atoms with Crippen LogP contribution in [0.1, 0.15) is 12.8 Å². The summed E-state index contributed by atoms with van der Waals surface area (Å²) in [6.07, 6.45) is 23.9. The zero-order valence-electron chi connectivity index (χ0n) is 16.7. The first kappa shape index (κ1) is 27.6. The molecule has 150 valence electrons. The SMILES string of the molecule is CSc1ccccc1O.CSc1ccccc1O.[C-]1=CC=CC1.[C-]1=CC=CC1.[Zr+2]. The average Bonchev–Trinajstić information content (AvgIpc) is 3.48. The van der Waals surface area contributed by atoms with Crippen LogP contribution in [0, 0.1) is 12.2 Å². The molecule has 29 heavy (non-hydrogen) atoms. The van der Waals surface area contributed by atoms with Crippen molar-refractivity contribution in [3.05, 3.63) is 97.1 Å². The van der Waals surface area contributed by atoms with Gasteiger partial charge in [0.1, 0.15) is 11.5 Å². The van der Waals surface area contributed by atoms with E-state index in [1.807, 2.05) is 73.2 Å². The van der Waals surface area contributed by atoms with Crippen molar-refractivity contribution < 1.29 is 36.4 Å². The van der Waals surface area contributed by atoms with Crippen molar-refractivity contribution in [3.8, 4) is 11.5 Å². The van der Waals surface area contributed by atoms with Gasteiger partial charge in [-0.1, -0.05) is 24.3 Å². The van der Waals surface area contributed by atoms with Crippen molar-refractivity contribution in [1.82, 2.24) is 0 Å². The van der Waals surface area contributed by atoms with Crippen molar-refractivity contribution in [1.29, 1.82) is 0 Å².